The Morgan fingerprint density at radius 2 is 1.88 bits per heavy atom. The summed E-state index contributed by atoms with van der Waals surface area (Å²) in [5.74, 6) is 2.40. The number of nitrogens with zero attached hydrogens (tertiary/aromatic N) is 5. The van der Waals surface area contributed by atoms with E-state index in [0.717, 1.165) is 51.4 Å². The summed E-state index contributed by atoms with van der Waals surface area (Å²) in [4.78, 5) is 21.7. The molecule has 4 aromatic heterocycles. The second kappa shape index (κ2) is 6.20. The van der Waals surface area contributed by atoms with Crippen LogP contribution >= 0.6 is 0 Å². The van der Waals surface area contributed by atoms with Crippen LogP contribution in [-0.4, -0.2) is 29.5 Å². The molecule has 1 N–H and O–H groups in total. The van der Waals surface area contributed by atoms with Crippen LogP contribution in [0.1, 0.15) is 45.4 Å². The molecule has 0 radical (unpaired) electrons. The molecular formula is C20H24N6. The number of fused-ring (bicyclic) bond motifs is 2. The molecule has 0 aromatic carbocycles. The molecule has 0 aliphatic heterocycles. The first-order chi connectivity index (χ1) is 12.4. The van der Waals surface area contributed by atoms with Gasteiger partial charge in [0.2, 0.25) is 0 Å². The lowest BCUT2D eigenvalue weighted by Gasteiger charge is -2.11. The number of rotatable bonds is 4. The molecule has 0 amide bonds. The predicted octanol–water partition coefficient (Wildman–Crippen LogP) is 4.46. The van der Waals surface area contributed by atoms with Crippen molar-refractivity contribution in [2.24, 2.45) is 5.92 Å². The normalized spacial score (nSPS) is 12.1. The van der Waals surface area contributed by atoms with Gasteiger partial charge < -0.3 is 9.55 Å². The van der Waals surface area contributed by atoms with E-state index in [1.807, 2.05) is 25.5 Å². The molecule has 0 fully saturated rings. The number of nitrogens with one attached hydrogen (secondary N) is 1. The van der Waals surface area contributed by atoms with Gasteiger partial charge in [0.1, 0.15) is 17.3 Å². The monoisotopic (exact) mass is 348 g/mol. The summed E-state index contributed by atoms with van der Waals surface area (Å²) < 4.78 is 2.22. The number of H-pyrrole nitrogens is 1. The quantitative estimate of drug-likeness (QED) is 0.591. The van der Waals surface area contributed by atoms with Gasteiger partial charge in [-0.3, -0.25) is 0 Å². The summed E-state index contributed by atoms with van der Waals surface area (Å²) in [5, 5.41) is 1.02. The summed E-state index contributed by atoms with van der Waals surface area (Å²) in [6, 6.07) is 2.49. The number of hydrogen-bond acceptors (Lipinski definition) is 4. The fourth-order valence-corrected chi connectivity index (χ4v) is 3.54. The smallest absolute Gasteiger partial charge is 0.177 e. The van der Waals surface area contributed by atoms with Crippen LogP contribution in [0.25, 0.3) is 33.3 Å². The Morgan fingerprint density at radius 3 is 2.62 bits per heavy atom. The number of aryl methyl sites for hydroxylation is 1. The van der Waals surface area contributed by atoms with E-state index in [0.29, 0.717) is 12.0 Å². The third kappa shape index (κ3) is 2.75. The van der Waals surface area contributed by atoms with Crippen LogP contribution in [0.4, 0.5) is 0 Å². The van der Waals surface area contributed by atoms with Gasteiger partial charge in [0.05, 0.1) is 5.52 Å². The Kier molecular flexibility index (Phi) is 3.98. The zero-order chi connectivity index (χ0) is 18.4. The van der Waals surface area contributed by atoms with E-state index in [9.17, 15) is 0 Å². The van der Waals surface area contributed by atoms with Crippen molar-refractivity contribution in [2.75, 3.05) is 0 Å². The van der Waals surface area contributed by atoms with Gasteiger partial charge in [-0.25, -0.2) is 19.9 Å². The predicted molar refractivity (Wildman–Crippen MR) is 104 cm³/mol. The molecule has 6 nitrogen and oxygen atoms in total. The van der Waals surface area contributed by atoms with Crippen LogP contribution in [-0.2, 0) is 6.42 Å². The zero-order valence-corrected chi connectivity index (χ0v) is 15.9. The SMILES string of the molecule is Cc1nc2ncc(-c3c[nH]c4nc(CC(C)C)ncc34)cc2n1C(C)C. The van der Waals surface area contributed by atoms with Crippen molar-refractivity contribution in [3.8, 4) is 11.1 Å². The zero-order valence-electron chi connectivity index (χ0n) is 15.9. The molecule has 4 rings (SSSR count). The highest BCUT2D eigenvalue weighted by atomic mass is 15.1. The maximum Gasteiger partial charge on any atom is 0.177 e. The maximum atomic E-state index is 4.67. The van der Waals surface area contributed by atoms with Crippen molar-refractivity contribution in [3.63, 3.8) is 0 Å². The van der Waals surface area contributed by atoms with Crippen LogP contribution in [0.2, 0.25) is 0 Å². The maximum absolute atomic E-state index is 4.67. The summed E-state index contributed by atoms with van der Waals surface area (Å²) in [6.07, 6.45) is 6.67. The van der Waals surface area contributed by atoms with E-state index in [-0.39, 0.29) is 0 Å². The van der Waals surface area contributed by atoms with Gasteiger partial charge in [0.15, 0.2) is 5.65 Å². The average molecular weight is 348 g/mol. The Labute approximate surface area is 152 Å². The number of hydrogen-bond donors (Lipinski definition) is 1. The summed E-state index contributed by atoms with van der Waals surface area (Å²) in [7, 11) is 0. The van der Waals surface area contributed by atoms with Gasteiger partial charge in [-0.1, -0.05) is 13.8 Å². The molecule has 0 aliphatic carbocycles. The van der Waals surface area contributed by atoms with Crippen molar-refractivity contribution < 1.29 is 0 Å². The van der Waals surface area contributed by atoms with E-state index >= 15 is 0 Å². The summed E-state index contributed by atoms with van der Waals surface area (Å²) >= 11 is 0. The highest BCUT2D eigenvalue weighted by Gasteiger charge is 2.15. The first kappa shape index (κ1) is 16.7. The van der Waals surface area contributed by atoms with E-state index in [2.05, 4.69) is 63.2 Å². The summed E-state index contributed by atoms with van der Waals surface area (Å²) in [5.41, 5.74) is 4.83. The Balaban J connectivity index is 1.83. The minimum Gasteiger partial charge on any atom is -0.345 e. The van der Waals surface area contributed by atoms with Gasteiger partial charge >= 0.3 is 0 Å². The first-order valence-corrected chi connectivity index (χ1v) is 9.12. The highest BCUT2D eigenvalue weighted by Crippen LogP contribution is 2.30. The first-order valence-electron chi connectivity index (χ1n) is 9.12. The Morgan fingerprint density at radius 1 is 1.08 bits per heavy atom. The molecule has 0 bridgehead atoms. The highest BCUT2D eigenvalue weighted by molar-refractivity contribution is 5.94. The third-order valence-electron chi connectivity index (χ3n) is 4.62. The molecule has 26 heavy (non-hydrogen) atoms. The minimum absolute atomic E-state index is 0.335. The van der Waals surface area contributed by atoms with Crippen LogP contribution in [0.15, 0.2) is 24.7 Å². The van der Waals surface area contributed by atoms with Crippen molar-refractivity contribution in [1.82, 2.24) is 29.5 Å². The van der Waals surface area contributed by atoms with E-state index in [1.54, 1.807) is 0 Å². The lowest BCUT2D eigenvalue weighted by molar-refractivity contribution is 0.600. The fraction of sp³-hybridized carbons (Fsp3) is 0.400. The van der Waals surface area contributed by atoms with Crippen LogP contribution < -0.4 is 0 Å². The standard InChI is InChI=1S/C20H24N6/c1-11(2)6-18-21-10-16-15(9-23-19(16)25-18)14-7-17-20(22-8-14)24-13(5)26(17)12(3)4/h7-12H,6H2,1-5H3,(H,21,23,25). The van der Waals surface area contributed by atoms with Gasteiger partial charge in [0, 0.05) is 47.6 Å². The van der Waals surface area contributed by atoms with Gasteiger partial charge in [-0.05, 0) is 32.8 Å². The Hall–Kier alpha value is -2.76. The number of imidazole rings is 1. The van der Waals surface area contributed by atoms with E-state index in [1.165, 1.54) is 0 Å². The molecule has 0 spiro atoms. The van der Waals surface area contributed by atoms with Gasteiger partial charge in [0.25, 0.3) is 0 Å². The van der Waals surface area contributed by atoms with Crippen LogP contribution in [0, 0.1) is 12.8 Å². The molecule has 0 saturated heterocycles. The number of aromatic amines is 1. The lowest BCUT2D eigenvalue weighted by atomic mass is 10.1. The molecule has 0 saturated carbocycles. The van der Waals surface area contributed by atoms with Crippen molar-refractivity contribution in [2.45, 2.75) is 47.1 Å². The number of pyridine rings is 1. The molecule has 4 aromatic rings. The average Bonchev–Trinajstić information content (AvgIpc) is 3.12. The van der Waals surface area contributed by atoms with Gasteiger partial charge in [-0.2, -0.15) is 0 Å². The topological polar surface area (TPSA) is 72.3 Å². The van der Waals surface area contributed by atoms with Crippen molar-refractivity contribution in [3.05, 3.63) is 36.3 Å². The van der Waals surface area contributed by atoms with Crippen molar-refractivity contribution in [1.29, 1.82) is 0 Å². The second-order valence-electron chi connectivity index (χ2n) is 7.54. The molecule has 4 heterocycles. The number of aromatic nitrogens is 6. The van der Waals surface area contributed by atoms with E-state index in [4.69, 9.17) is 0 Å². The van der Waals surface area contributed by atoms with Crippen LogP contribution in [0.3, 0.4) is 0 Å². The second-order valence-corrected chi connectivity index (χ2v) is 7.54. The fourth-order valence-electron chi connectivity index (χ4n) is 3.54. The lowest BCUT2D eigenvalue weighted by Crippen LogP contribution is -2.02. The molecule has 134 valence electrons. The van der Waals surface area contributed by atoms with Crippen LogP contribution in [0.5, 0.6) is 0 Å². The Bertz CT molecular complexity index is 1090. The van der Waals surface area contributed by atoms with Crippen molar-refractivity contribution >= 4 is 22.2 Å². The molecular weight excluding hydrogens is 324 g/mol. The van der Waals surface area contributed by atoms with E-state index < -0.39 is 0 Å². The van der Waals surface area contributed by atoms with Gasteiger partial charge in [-0.15, -0.1) is 0 Å². The largest absolute Gasteiger partial charge is 0.345 e. The molecule has 0 unspecified atom stereocenters. The summed E-state index contributed by atoms with van der Waals surface area (Å²) in [6.45, 7) is 10.7. The minimum atomic E-state index is 0.335. The third-order valence-corrected chi connectivity index (χ3v) is 4.62. The molecule has 6 heteroatoms. The molecule has 0 atom stereocenters. The molecule has 0 aliphatic rings.